The molecule has 1 amide bonds. The van der Waals surface area contributed by atoms with Crippen LogP contribution in [0.4, 0.5) is 5.69 Å². The molecule has 124 valence electrons. The van der Waals surface area contributed by atoms with Crippen LogP contribution in [0.1, 0.15) is 20.3 Å². The molecule has 1 N–H and O–H groups in total. The summed E-state index contributed by atoms with van der Waals surface area (Å²) in [5.41, 5.74) is 0.452. The standard InChI is InChI=1S/C15H19N3O4S/c1-11-9-18(10-12(2)22-11)23(20,21)14-5-3-13(4-6-14)17-15(19)7-8-16/h3-6,11-12H,7,9-10H2,1-2H3,(H,17,19). The Morgan fingerprint density at radius 1 is 1.30 bits per heavy atom. The number of nitrogens with zero attached hydrogens (tertiary/aromatic N) is 2. The minimum Gasteiger partial charge on any atom is -0.373 e. The van der Waals surface area contributed by atoms with Crippen LogP contribution < -0.4 is 5.32 Å². The fourth-order valence-corrected chi connectivity index (χ4v) is 4.05. The van der Waals surface area contributed by atoms with Crippen LogP contribution in [-0.2, 0) is 19.6 Å². The van der Waals surface area contributed by atoms with Gasteiger partial charge in [-0.15, -0.1) is 0 Å². The van der Waals surface area contributed by atoms with Crippen molar-refractivity contribution in [1.82, 2.24) is 4.31 Å². The first-order valence-corrected chi connectivity index (χ1v) is 8.69. The molecule has 1 saturated heterocycles. The summed E-state index contributed by atoms with van der Waals surface area (Å²) in [4.78, 5) is 11.5. The van der Waals surface area contributed by atoms with E-state index in [2.05, 4.69) is 5.32 Å². The van der Waals surface area contributed by atoms with E-state index in [1.807, 2.05) is 13.8 Å². The van der Waals surface area contributed by atoms with Gasteiger partial charge >= 0.3 is 0 Å². The fourth-order valence-electron chi connectivity index (χ4n) is 2.46. The van der Waals surface area contributed by atoms with Crippen LogP contribution in [0.25, 0.3) is 0 Å². The number of nitriles is 1. The molecule has 0 spiro atoms. The number of amides is 1. The van der Waals surface area contributed by atoms with Crippen LogP contribution in [0.2, 0.25) is 0 Å². The first-order valence-electron chi connectivity index (χ1n) is 7.25. The molecule has 1 aliphatic heterocycles. The normalized spacial score (nSPS) is 22.3. The maximum atomic E-state index is 12.7. The van der Waals surface area contributed by atoms with Crippen molar-refractivity contribution >= 4 is 21.6 Å². The van der Waals surface area contributed by atoms with Gasteiger partial charge in [-0.25, -0.2) is 8.42 Å². The van der Waals surface area contributed by atoms with E-state index in [4.69, 9.17) is 10.00 Å². The van der Waals surface area contributed by atoms with E-state index in [1.54, 1.807) is 6.07 Å². The molecule has 23 heavy (non-hydrogen) atoms. The third-order valence-electron chi connectivity index (χ3n) is 3.40. The number of sulfonamides is 1. The lowest BCUT2D eigenvalue weighted by Gasteiger charge is -2.34. The van der Waals surface area contributed by atoms with Gasteiger partial charge in [-0.1, -0.05) is 0 Å². The van der Waals surface area contributed by atoms with E-state index in [0.717, 1.165) is 0 Å². The number of hydrogen-bond acceptors (Lipinski definition) is 5. The van der Waals surface area contributed by atoms with Crippen LogP contribution in [0.15, 0.2) is 29.2 Å². The average Bonchev–Trinajstić information content (AvgIpc) is 2.47. The molecule has 1 fully saturated rings. The SMILES string of the molecule is CC1CN(S(=O)(=O)c2ccc(NC(=O)CC#N)cc2)CC(C)O1. The van der Waals surface area contributed by atoms with E-state index in [9.17, 15) is 13.2 Å². The Balaban J connectivity index is 2.14. The number of ether oxygens (including phenoxy) is 1. The zero-order chi connectivity index (χ0) is 17.0. The summed E-state index contributed by atoms with van der Waals surface area (Å²) in [7, 11) is -3.60. The number of carbonyl (C=O) groups excluding carboxylic acids is 1. The zero-order valence-corrected chi connectivity index (χ0v) is 13.8. The average molecular weight is 337 g/mol. The van der Waals surface area contributed by atoms with Crippen LogP contribution in [-0.4, -0.2) is 43.9 Å². The molecule has 2 rings (SSSR count). The minimum atomic E-state index is -3.60. The number of benzene rings is 1. The first-order chi connectivity index (χ1) is 10.8. The Hall–Kier alpha value is -1.95. The number of rotatable bonds is 4. The van der Waals surface area contributed by atoms with Crippen molar-refractivity contribution < 1.29 is 17.9 Å². The molecule has 1 aliphatic rings. The molecular formula is C15H19N3O4S. The predicted molar refractivity (Wildman–Crippen MR) is 84.1 cm³/mol. The maximum Gasteiger partial charge on any atom is 0.243 e. The highest BCUT2D eigenvalue weighted by Crippen LogP contribution is 2.22. The monoisotopic (exact) mass is 337 g/mol. The molecule has 0 saturated carbocycles. The Bertz CT molecular complexity index is 699. The smallest absolute Gasteiger partial charge is 0.243 e. The van der Waals surface area contributed by atoms with Crippen molar-refractivity contribution in [3.63, 3.8) is 0 Å². The largest absolute Gasteiger partial charge is 0.373 e. The van der Waals surface area contributed by atoms with Gasteiger partial charge in [0.1, 0.15) is 6.42 Å². The second kappa shape index (κ2) is 7.08. The summed E-state index contributed by atoms with van der Waals surface area (Å²) in [6.07, 6.45) is -0.556. The van der Waals surface area contributed by atoms with Crippen LogP contribution in [0.3, 0.4) is 0 Å². The van der Waals surface area contributed by atoms with Crippen molar-refractivity contribution in [3.05, 3.63) is 24.3 Å². The second-order valence-electron chi connectivity index (χ2n) is 5.49. The molecule has 8 heteroatoms. The second-order valence-corrected chi connectivity index (χ2v) is 7.42. The molecule has 0 radical (unpaired) electrons. The Morgan fingerprint density at radius 2 is 1.87 bits per heavy atom. The lowest BCUT2D eigenvalue weighted by atomic mass is 10.3. The third kappa shape index (κ3) is 4.28. The number of carbonyl (C=O) groups is 1. The number of hydrogen-bond donors (Lipinski definition) is 1. The van der Waals surface area contributed by atoms with Gasteiger partial charge in [-0.3, -0.25) is 4.79 Å². The van der Waals surface area contributed by atoms with Gasteiger partial charge in [0.05, 0.1) is 23.2 Å². The topological polar surface area (TPSA) is 99.5 Å². The third-order valence-corrected chi connectivity index (χ3v) is 5.25. The van der Waals surface area contributed by atoms with Gasteiger partial charge in [-0.2, -0.15) is 9.57 Å². The molecule has 0 bridgehead atoms. The van der Waals surface area contributed by atoms with Crippen molar-refractivity contribution in [3.8, 4) is 6.07 Å². The van der Waals surface area contributed by atoms with Crippen molar-refractivity contribution in [1.29, 1.82) is 5.26 Å². The predicted octanol–water partition coefficient (Wildman–Crippen LogP) is 1.34. The Kier molecular flexibility index (Phi) is 5.36. The minimum absolute atomic E-state index is 0.155. The summed E-state index contributed by atoms with van der Waals surface area (Å²) in [5.74, 6) is -0.432. The molecular weight excluding hydrogens is 318 g/mol. The molecule has 0 aromatic heterocycles. The highest BCUT2D eigenvalue weighted by atomic mass is 32.2. The van der Waals surface area contributed by atoms with E-state index >= 15 is 0 Å². The quantitative estimate of drug-likeness (QED) is 0.893. The van der Waals surface area contributed by atoms with Gasteiger partial charge < -0.3 is 10.1 Å². The summed E-state index contributed by atoms with van der Waals surface area (Å²) in [5, 5.41) is 11.0. The van der Waals surface area contributed by atoms with Gasteiger partial charge in [0.25, 0.3) is 0 Å². The lowest BCUT2D eigenvalue weighted by Crippen LogP contribution is -2.48. The molecule has 1 aromatic rings. The van der Waals surface area contributed by atoms with E-state index in [0.29, 0.717) is 18.8 Å². The molecule has 1 heterocycles. The Morgan fingerprint density at radius 3 is 2.39 bits per heavy atom. The van der Waals surface area contributed by atoms with Gasteiger partial charge in [0.15, 0.2) is 0 Å². The summed E-state index contributed by atoms with van der Waals surface area (Å²) >= 11 is 0. The molecule has 2 atom stereocenters. The zero-order valence-electron chi connectivity index (χ0n) is 13.0. The van der Waals surface area contributed by atoms with E-state index < -0.39 is 15.9 Å². The molecule has 0 aliphatic carbocycles. The van der Waals surface area contributed by atoms with Crippen molar-refractivity contribution in [2.24, 2.45) is 0 Å². The highest BCUT2D eigenvalue weighted by Gasteiger charge is 2.32. The van der Waals surface area contributed by atoms with Crippen molar-refractivity contribution in [2.75, 3.05) is 18.4 Å². The summed E-state index contributed by atoms with van der Waals surface area (Å²) in [6.45, 7) is 4.30. The molecule has 2 unspecified atom stereocenters. The van der Waals surface area contributed by atoms with Crippen LogP contribution >= 0.6 is 0 Å². The maximum absolute atomic E-state index is 12.7. The Labute approximate surface area is 135 Å². The van der Waals surface area contributed by atoms with E-state index in [-0.39, 0.29) is 23.5 Å². The van der Waals surface area contributed by atoms with Gasteiger partial charge in [0, 0.05) is 18.8 Å². The van der Waals surface area contributed by atoms with Gasteiger partial charge in [-0.05, 0) is 38.1 Å². The molecule has 7 nitrogen and oxygen atoms in total. The summed E-state index contributed by atoms with van der Waals surface area (Å²) in [6, 6.07) is 7.66. The fraction of sp³-hybridized carbons (Fsp3) is 0.467. The number of morpholine rings is 1. The van der Waals surface area contributed by atoms with Crippen LogP contribution in [0.5, 0.6) is 0 Å². The van der Waals surface area contributed by atoms with E-state index in [1.165, 1.54) is 28.6 Å². The summed E-state index contributed by atoms with van der Waals surface area (Å²) < 4.78 is 32.3. The number of anilines is 1. The van der Waals surface area contributed by atoms with Crippen LogP contribution in [0, 0.1) is 11.3 Å². The number of nitrogens with one attached hydrogen (secondary N) is 1. The van der Waals surface area contributed by atoms with Gasteiger partial charge in [0.2, 0.25) is 15.9 Å². The highest BCUT2D eigenvalue weighted by molar-refractivity contribution is 7.89. The molecule has 1 aromatic carbocycles. The first kappa shape index (κ1) is 17.4. The lowest BCUT2D eigenvalue weighted by molar-refractivity contribution is -0.115. The van der Waals surface area contributed by atoms with Crippen molar-refractivity contribution in [2.45, 2.75) is 37.4 Å².